The molecule has 156 valence electrons. The van der Waals surface area contributed by atoms with Crippen molar-refractivity contribution in [1.82, 2.24) is 20.1 Å². The third-order valence-electron chi connectivity index (χ3n) is 5.06. The lowest BCUT2D eigenvalue weighted by atomic mass is 10.1. The van der Waals surface area contributed by atoms with E-state index in [4.69, 9.17) is 4.74 Å². The van der Waals surface area contributed by atoms with Gasteiger partial charge in [-0.15, -0.1) is 24.0 Å². The SMILES string of the molecule is CN=C(NCCCn1ccc2ccccc21)NCC(C)CN1CCOCC1.I. The minimum absolute atomic E-state index is 0. The number of benzene rings is 1. The van der Waals surface area contributed by atoms with Gasteiger partial charge in [-0.1, -0.05) is 25.1 Å². The second-order valence-electron chi connectivity index (χ2n) is 7.32. The van der Waals surface area contributed by atoms with Crippen LogP contribution in [0.25, 0.3) is 10.9 Å². The molecule has 28 heavy (non-hydrogen) atoms. The molecule has 1 unspecified atom stereocenters. The van der Waals surface area contributed by atoms with Crippen molar-refractivity contribution in [2.75, 3.05) is 53.0 Å². The number of rotatable bonds is 8. The number of ether oxygens (including phenoxy) is 1. The normalized spacial score (nSPS) is 16.6. The maximum Gasteiger partial charge on any atom is 0.190 e. The van der Waals surface area contributed by atoms with Crippen molar-refractivity contribution < 1.29 is 4.74 Å². The summed E-state index contributed by atoms with van der Waals surface area (Å²) in [7, 11) is 1.83. The van der Waals surface area contributed by atoms with Crippen LogP contribution in [0.4, 0.5) is 0 Å². The molecule has 1 aliphatic heterocycles. The lowest BCUT2D eigenvalue weighted by Gasteiger charge is -2.29. The molecule has 0 saturated carbocycles. The molecule has 7 heteroatoms. The molecule has 0 amide bonds. The predicted molar refractivity (Wildman–Crippen MR) is 128 cm³/mol. The highest BCUT2D eigenvalue weighted by Crippen LogP contribution is 2.15. The first-order valence-corrected chi connectivity index (χ1v) is 10.0. The van der Waals surface area contributed by atoms with Gasteiger partial charge in [0, 0.05) is 58.0 Å². The van der Waals surface area contributed by atoms with Gasteiger partial charge in [0.15, 0.2) is 5.96 Å². The number of guanidine groups is 1. The molecule has 1 aromatic carbocycles. The summed E-state index contributed by atoms with van der Waals surface area (Å²) in [5.41, 5.74) is 1.30. The first kappa shape index (κ1) is 23.0. The molecule has 0 spiro atoms. The summed E-state index contributed by atoms with van der Waals surface area (Å²) in [6.07, 6.45) is 3.23. The Morgan fingerprint density at radius 1 is 1.18 bits per heavy atom. The number of hydrogen-bond acceptors (Lipinski definition) is 3. The van der Waals surface area contributed by atoms with Gasteiger partial charge in [-0.2, -0.15) is 0 Å². The number of aromatic nitrogens is 1. The molecule has 0 radical (unpaired) electrons. The Bertz CT molecular complexity index is 726. The molecule has 0 bridgehead atoms. The quantitative estimate of drug-likeness (QED) is 0.254. The molecule has 2 aromatic rings. The Kier molecular flexibility index (Phi) is 10.1. The van der Waals surface area contributed by atoms with E-state index in [0.717, 1.165) is 64.9 Å². The van der Waals surface area contributed by atoms with Gasteiger partial charge in [-0.3, -0.25) is 9.89 Å². The lowest BCUT2D eigenvalue weighted by Crippen LogP contribution is -2.44. The second kappa shape index (κ2) is 12.3. The standard InChI is InChI=1S/C21H33N5O.HI/c1-18(17-25-12-14-27-15-13-25)16-24-21(22-2)23-9-5-10-26-11-8-19-6-3-4-7-20(19)26;/h3-4,6-8,11,18H,5,9-10,12-17H2,1-2H3,(H2,22,23,24);1H. The first-order chi connectivity index (χ1) is 13.3. The van der Waals surface area contributed by atoms with E-state index in [-0.39, 0.29) is 24.0 Å². The molecule has 6 nitrogen and oxygen atoms in total. The number of nitrogens with zero attached hydrogens (tertiary/aromatic N) is 3. The molecule has 1 saturated heterocycles. The van der Waals surface area contributed by atoms with Crippen molar-refractivity contribution in [2.45, 2.75) is 19.9 Å². The van der Waals surface area contributed by atoms with Gasteiger partial charge in [0.25, 0.3) is 0 Å². The second-order valence-corrected chi connectivity index (χ2v) is 7.32. The van der Waals surface area contributed by atoms with Crippen molar-refractivity contribution in [3.8, 4) is 0 Å². The zero-order valence-corrected chi connectivity index (χ0v) is 19.4. The molecule has 2 heterocycles. The molecule has 1 atom stereocenters. The van der Waals surface area contributed by atoms with E-state index in [2.05, 4.69) is 68.5 Å². The molecule has 1 fully saturated rings. The van der Waals surface area contributed by atoms with Crippen LogP contribution in [0.1, 0.15) is 13.3 Å². The van der Waals surface area contributed by atoms with Crippen LogP contribution in [-0.4, -0.2) is 68.4 Å². The van der Waals surface area contributed by atoms with Gasteiger partial charge in [-0.05, 0) is 29.9 Å². The number of nitrogens with one attached hydrogen (secondary N) is 2. The van der Waals surface area contributed by atoms with Crippen molar-refractivity contribution >= 4 is 40.8 Å². The summed E-state index contributed by atoms with van der Waals surface area (Å²) >= 11 is 0. The van der Waals surface area contributed by atoms with Gasteiger partial charge in [-0.25, -0.2) is 0 Å². The lowest BCUT2D eigenvalue weighted by molar-refractivity contribution is 0.0320. The largest absolute Gasteiger partial charge is 0.379 e. The molecule has 3 rings (SSSR count). The zero-order valence-electron chi connectivity index (χ0n) is 17.1. The summed E-state index contributed by atoms with van der Waals surface area (Å²) in [5.74, 6) is 1.47. The van der Waals surface area contributed by atoms with Crippen molar-refractivity contribution in [3.63, 3.8) is 0 Å². The number of para-hydroxylation sites is 1. The van der Waals surface area contributed by atoms with Crippen molar-refractivity contribution in [3.05, 3.63) is 36.5 Å². The van der Waals surface area contributed by atoms with Crippen LogP contribution in [0.2, 0.25) is 0 Å². The van der Waals surface area contributed by atoms with E-state index < -0.39 is 0 Å². The highest BCUT2D eigenvalue weighted by atomic mass is 127. The fourth-order valence-corrected chi connectivity index (χ4v) is 3.57. The average Bonchev–Trinajstić information content (AvgIpc) is 3.11. The van der Waals surface area contributed by atoms with Crippen LogP contribution in [-0.2, 0) is 11.3 Å². The Morgan fingerprint density at radius 3 is 2.75 bits per heavy atom. The fraction of sp³-hybridized carbons (Fsp3) is 0.571. The van der Waals surface area contributed by atoms with E-state index in [0.29, 0.717) is 5.92 Å². The Hall–Kier alpha value is -1.32. The highest BCUT2D eigenvalue weighted by Gasteiger charge is 2.13. The van der Waals surface area contributed by atoms with Crippen molar-refractivity contribution in [1.29, 1.82) is 0 Å². The third-order valence-corrected chi connectivity index (χ3v) is 5.06. The summed E-state index contributed by atoms with van der Waals surface area (Å²) in [5, 5.41) is 8.19. The molecule has 1 aliphatic rings. The number of halogens is 1. The summed E-state index contributed by atoms with van der Waals surface area (Å²) < 4.78 is 7.73. The zero-order chi connectivity index (χ0) is 18.9. The number of fused-ring (bicyclic) bond motifs is 1. The maximum absolute atomic E-state index is 5.41. The molecule has 1 aromatic heterocycles. The number of aliphatic imine (C=N–C) groups is 1. The van der Waals surface area contributed by atoms with Crippen LogP contribution in [0.15, 0.2) is 41.5 Å². The van der Waals surface area contributed by atoms with E-state index >= 15 is 0 Å². The molecule has 0 aliphatic carbocycles. The van der Waals surface area contributed by atoms with Crippen LogP contribution in [0.3, 0.4) is 0 Å². The smallest absolute Gasteiger partial charge is 0.190 e. The monoisotopic (exact) mass is 499 g/mol. The van der Waals surface area contributed by atoms with Gasteiger partial charge >= 0.3 is 0 Å². The average molecular weight is 499 g/mol. The highest BCUT2D eigenvalue weighted by molar-refractivity contribution is 14.0. The molecular weight excluding hydrogens is 465 g/mol. The third kappa shape index (κ3) is 6.93. The first-order valence-electron chi connectivity index (χ1n) is 10.0. The maximum atomic E-state index is 5.41. The van der Waals surface area contributed by atoms with E-state index in [1.165, 1.54) is 10.9 Å². The Labute approximate surface area is 185 Å². The van der Waals surface area contributed by atoms with Crippen molar-refractivity contribution in [2.24, 2.45) is 10.9 Å². The fourth-order valence-electron chi connectivity index (χ4n) is 3.57. The van der Waals surface area contributed by atoms with Gasteiger partial charge in [0.2, 0.25) is 0 Å². The molecular formula is C21H34IN5O. The topological polar surface area (TPSA) is 53.8 Å². The van der Waals surface area contributed by atoms with E-state index in [9.17, 15) is 0 Å². The van der Waals surface area contributed by atoms with E-state index in [1.54, 1.807) is 0 Å². The number of aryl methyl sites for hydroxylation is 1. The summed E-state index contributed by atoms with van der Waals surface area (Å²) in [6, 6.07) is 10.7. The number of morpholine rings is 1. The van der Waals surface area contributed by atoms with Crippen LogP contribution in [0, 0.1) is 5.92 Å². The van der Waals surface area contributed by atoms with Gasteiger partial charge < -0.3 is 19.9 Å². The molecule has 2 N–H and O–H groups in total. The van der Waals surface area contributed by atoms with Crippen LogP contribution < -0.4 is 10.6 Å². The van der Waals surface area contributed by atoms with Gasteiger partial charge in [0.1, 0.15) is 0 Å². The Morgan fingerprint density at radius 2 is 1.96 bits per heavy atom. The Balaban J connectivity index is 0.00000280. The summed E-state index contributed by atoms with van der Waals surface area (Å²) in [4.78, 5) is 6.82. The minimum Gasteiger partial charge on any atom is -0.379 e. The van der Waals surface area contributed by atoms with E-state index in [1.807, 2.05) is 7.05 Å². The van der Waals surface area contributed by atoms with Crippen LogP contribution in [0.5, 0.6) is 0 Å². The minimum atomic E-state index is 0. The van der Waals surface area contributed by atoms with Gasteiger partial charge in [0.05, 0.1) is 13.2 Å². The number of hydrogen-bond donors (Lipinski definition) is 2. The van der Waals surface area contributed by atoms with Crippen LogP contribution >= 0.6 is 24.0 Å². The predicted octanol–water partition coefficient (Wildman–Crippen LogP) is 2.78. The summed E-state index contributed by atoms with van der Waals surface area (Å²) in [6.45, 7) is 10.0.